The summed E-state index contributed by atoms with van der Waals surface area (Å²) in [4.78, 5) is 0.113. The summed E-state index contributed by atoms with van der Waals surface area (Å²) in [5.41, 5.74) is 6.29. The van der Waals surface area contributed by atoms with Crippen LogP contribution in [0.5, 0.6) is 11.5 Å². The van der Waals surface area contributed by atoms with Crippen molar-refractivity contribution >= 4 is 15.9 Å². The van der Waals surface area contributed by atoms with Crippen LogP contribution in [0.1, 0.15) is 32.6 Å². The number of ether oxygens (including phenoxy) is 2. The first-order chi connectivity index (χ1) is 9.96. The van der Waals surface area contributed by atoms with E-state index in [1.165, 1.54) is 22.3 Å². The van der Waals surface area contributed by atoms with E-state index in [0.29, 0.717) is 0 Å². The molecule has 2 aromatic carbocycles. The zero-order valence-electron chi connectivity index (χ0n) is 13.2. The van der Waals surface area contributed by atoms with Crippen molar-refractivity contribution < 1.29 is 9.47 Å². The van der Waals surface area contributed by atoms with E-state index >= 15 is 0 Å². The van der Waals surface area contributed by atoms with Gasteiger partial charge in [-0.15, -0.1) is 0 Å². The van der Waals surface area contributed by atoms with Gasteiger partial charge in [0.05, 0.1) is 19.0 Å². The van der Waals surface area contributed by atoms with Gasteiger partial charge in [-0.25, -0.2) is 0 Å². The monoisotopic (exact) mass is 348 g/mol. The van der Waals surface area contributed by atoms with Crippen LogP contribution in [0, 0.1) is 20.8 Å². The van der Waals surface area contributed by atoms with Crippen LogP contribution in [0.3, 0.4) is 0 Å². The Morgan fingerprint density at radius 1 is 0.810 bits per heavy atom. The summed E-state index contributed by atoms with van der Waals surface area (Å²) in [5.74, 6) is 1.60. The molecule has 0 saturated heterocycles. The third kappa shape index (κ3) is 3.41. The second kappa shape index (κ2) is 6.52. The maximum atomic E-state index is 5.36. The number of halogens is 1. The van der Waals surface area contributed by atoms with Crippen molar-refractivity contribution in [2.45, 2.75) is 25.6 Å². The van der Waals surface area contributed by atoms with Crippen molar-refractivity contribution in [3.8, 4) is 11.5 Å². The lowest BCUT2D eigenvalue weighted by molar-refractivity contribution is 0.393. The van der Waals surface area contributed by atoms with Gasteiger partial charge in [0.1, 0.15) is 11.5 Å². The second-order valence-electron chi connectivity index (χ2n) is 5.32. The highest BCUT2D eigenvalue weighted by Gasteiger charge is 2.17. The van der Waals surface area contributed by atoms with Gasteiger partial charge in [-0.1, -0.05) is 33.6 Å². The molecule has 0 spiro atoms. The number of methoxy groups -OCH3 is 2. The SMILES string of the molecule is COc1cc(OC)cc(C(Br)c2c(C)cc(C)cc2C)c1. The summed E-state index contributed by atoms with van der Waals surface area (Å²) >= 11 is 3.84. The van der Waals surface area contributed by atoms with Crippen molar-refractivity contribution in [2.75, 3.05) is 14.2 Å². The van der Waals surface area contributed by atoms with E-state index < -0.39 is 0 Å². The zero-order valence-corrected chi connectivity index (χ0v) is 14.7. The Labute approximate surface area is 135 Å². The number of alkyl halides is 1. The Balaban J connectivity index is 2.52. The number of hydrogen-bond acceptors (Lipinski definition) is 2. The molecule has 112 valence electrons. The Morgan fingerprint density at radius 3 is 1.71 bits per heavy atom. The summed E-state index contributed by atoms with van der Waals surface area (Å²) in [5, 5.41) is 0. The smallest absolute Gasteiger partial charge is 0.122 e. The zero-order chi connectivity index (χ0) is 15.6. The van der Waals surface area contributed by atoms with E-state index in [1.807, 2.05) is 18.2 Å². The molecule has 0 amide bonds. The molecule has 0 bridgehead atoms. The van der Waals surface area contributed by atoms with Crippen molar-refractivity contribution in [3.05, 3.63) is 58.1 Å². The molecule has 3 heteroatoms. The van der Waals surface area contributed by atoms with Gasteiger partial charge in [0.15, 0.2) is 0 Å². The molecule has 0 aliphatic carbocycles. The number of benzene rings is 2. The number of hydrogen-bond donors (Lipinski definition) is 0. The minimum absolute atomic E-state index is 0.113. The van der Waals surface area contributed by atoms with E-state index in [2.05, 4.69) is 48.8 Å². The molecular weight excluding hydrogens is 328 g/mol. The van der Waals surface area contributed by atoms with Crippen LogP contribution in [0.2, 0.25) is 0 Å². The van der Waals surface area contributed by atoms with Crippen LogP contribution in [0.4, 0.5) is 0 Å². The van der Waals surface area contributed by atoms with Gasteiger partial charge < -0.3 is 9.47 Å². The normalized spacial score (nSPS) is 12.1. The minimum atomic E-state index is 0.113. The average molecular weight is 349 g/mol. The van der Waals surface area contributed by atoms with E-state index in [-0.39, 0.29) is 4.83 Å². The highest BCUT2D eigenvalue weighted by atomic mass is 79.9. The molecule has 0 aromatic heterocycles. The molecule has 0 aliphatic rings. The van der Waals surface area contributed by atoms with Gasteiger partial charge in [0.2, 0.25) is 0 Å². The van der Waals surface area contributed by atoms with Crippen LogP contribution in [0.25, 0.3) is 0 Å². The molecule has 0 radical (unpaired) electrons. The molecule has 1 atom stereocenters. The summed E-state index contributed by atoms with van der Waals surface area (Å²) in [6.45, 7) is 6.43. The fraction of sp³-hybridized carbons (Fsp3) is 0.333. The van der Waals surface area contributed by atoms with Crippen molar-refractivity contribution in [2.24, 2.45) is 0 Å². The lowest BCUT2D eigenvalue weighted by Crippen LogP contribution is -2.01. The Kier molecular flexibility index (Phi) is 4.94. The van der Waals surface area contributed by atoms with Gasteiger partial charge in [-0.05, 0) is 55.2 Å². The second-order valence-corrected chi connectivity index (χ2v) is 6.24. The Hall–Kier alpha value is -1.48. The quantitative estimate of drug-likeness (QED) is 0.714. The van der Waals surface area contributed by atoms with Crippen molar-refractivity contribution in [3.63, 3.8) is 0 Å². The molecule has 2 aromatic rings. The summed E-state index contributed by atoms with van der Waals surface area (Å²) < 4.78 is 10.7. The Bertz CT molecular complexity index is 604. The molecule has 2 nitrogen and oxygen atoms in total. The highest BCUT2D eigenvalue weighted by molar-refractivity contribution is 9.09. The van der Waals surface area contributed by atoms with E-state index in [0.717, 1.165) is 17.1 Å². The fourth-order valence-corrected chi connectivity index (χ4v) is 3.72. The molecule has 21 heavy (non-hydrogen) atoms. The molecule has 0 aliphatic heterocycles. The van der Waals surface area contributed by atoms with Gasteiger partial charge in [-0.3, -0.25) is 0 Å². The van der Waals surface area contributed by atoms with Gasteiger partial charge in [-0.2, -0.15) is 0 Å². The number of rotatable bonds is 4. The van der Waals surface area contributed by atoms with Crippen LogP contribution in [-0.2, 0) is 0 Å². The average Bonchev–Trinajstić information content (AvgIpc) is 2.45. The largest absolute Gasteiger partial charge is 0.497 e. The van der Waals surface area contributed by atoms with E-state index in [1.54, 1.807) is 14.2 Å². The summed E-state index contributed by atoms with van der Waals surface area (Å²) in [6, 6.07) is 10.4. The molecule has 0 fully saturated rings. The first-order valence-electron chi connectivity index (χ1n) is 6.91. The van der Waals surface area contributed by atoms with Crippen LogP contribution in [0.15, 0.2) is 30.3 Å². The molecule has 1 unspecified atom stereocenters. The molecular formula is C18H21BrO2. The third-order valence-electron chi connectivity index (χ3n) is 3.66. The summed E-state index contributed by atoms with van der Waals surface area (Å²) in [7, 11) is 3.34. The van der Waals surface area contributed by atoms with Gasteiger partial charge in [0, 0.05) is 6.07 Å². The van der Waals surface area contributed by atoms with Crippen LogP contribution >= 0.6 is 15.9 Å². The molecule has 2 rings (SSSR count). The predicted octanol–water partition coefficient (Wildman–Crippen LogP) is 5.11. The predicted molar refractivity (Wildman–Crippen MR) is 91.0 cm³/mol. The van der Waals surface area contributed by atoms with Crippen molar-refractivity contribution in [1.82, 2.24) is 0 Å². The molecule has 0 N–H and O–H groups in total. The van der Waals surface area contributed by atoms with Gasteiger partial charge in [0.25, 0.3) is 0 Å². The van der Waals surface area contributed by atoms with E-state index in [9.17, 15) is 0 Å². The fourth-order valence-electron chi connectivity index (χ4n) is 2.73. The standard InChI is InChI=1S/C18H21BrO2/c1-11-6-12(2)17(13(3)7-11)18(19)14-8-15(20-4)10-16(9-14)21-5/h6-10,18H,1-5H3. The maximum Gasteiger partial charge on any atom is 0.122 e. The summed E-state index contributed by atoms with van der Waals surface area (Å²) in [6.07, 6.45) is 0. The van der Waals surface area contributed by atoms with Crippen LogP contribution in [-0.4, -0.2) is 14.2 Å². The van der Waals surface area contributed by atoms with Crippen molar-refractivity contribution in [1.29, 1.82) is 0 Å². The first kappa shape index (κ1) is 15.9. The Morgan fingerprint density at radius 2 is 1.29 bits per heavy atom. The molecule has 0 heterocycles. The topological polar surface area (TPSA) is 18.5 Å². The third-order valence-corrected chi connectivity index (χ3v) is 4.64. The first-order valence-corrected chi connectivity index (χ1v) is 7.82. The van der Waals surface area contributed by atoms with Gasteiger partial charge >= 0.3 is 0 Å². The number of aryl methyl sites for hydroxylation is 3. The molecule has 0 saturated carbocycles. The highest BCUT2D eigenvalue weighted by Crippen LogP contribution is 2.38. The van der Waals surface area contributed by atoms with Crippen LogP contribution < -0.4 is 9.47 Å². The lowest BCUT2D eigenvalue weighted by Gasteiger charge is -2.19. The lowest BCUT2D eigenvalue weighted by atomic mass is 9.94. The van der Waals surface area contributed by atoms with E-state index in [4.69, 9.17) is 9.47 Å². The maximum absolute atomic E-state index is 5.36. The minimum Gasteiger partial charge on any atom is -0.497 e.